The summed E-state index contributed by atoms with van der Waals surface area (Å²) in [4.78, 5) is 0. The molecule has 0 bridgehead atoms. The molecule has 1 aromatic carbocycles. The van der Waals surface area contributed by atoms with Crippen molar-refractivity contribution in [1.82, 2.24) is 5.32 Å². The minimum absolute atomic E-state index is 0.0326. The van der Waals surface area contributed by atoms with Crippen LogP contribution in [0.1, 0.15) is 44.2 Å². The van der Waals surface area contributed by atoms with Gasteiger partial charge >= 0.3 is 0 Å². The Bertz CT molecular complexity index is 410. The molecule has 19 heavy (non-hydrogen) atoms. The molecular formula is C15H21F2NS. The lowest BCUT2D eigenvalue weighted by Gasteiger charge is -2.29. The average molecular weight is 285 g/mol. The van der Waals surface area contributed by atoms with Crippen molar-refractivity contribution in [1.29, 1.82) is 0 Å². The van der Waals surface area contributed by atoms with Crippen molar-refractivity contribution < 1.29 is 8.78 Å². The normalized spacial score (nSPS) is 19.6. The van der Waals surface area contributed by atoms with E-state index in [4.69, 9.17) is 0 Å². The van der Waals surface area contributed by atoms with Gasteiger partial charge in [0.15, 0.2) is 0 Å². The van der Waals surface area contributed by atoms with Gasteiger partial charge in [0.25, 0.3) is 0 Å². The molecule has 1 unspecified atom stereocenters. The van der Waals surface area contributed by atoms with Crippen LogP contribution in [0.5, 0.6) is 0 Å². The summed E-state index contributed by atoms with van der Waals surface area (Å²) >= 11 is 1.91. The molecular weight excluding hydrogens is 264 g/mol. The van der Waals surface area contributed by atoms with Crippen LogP contribution in [0.3, 0.4) is 0 Å². The number of hydrogen-bond donors (Lipinski definition) is 1. The molecule has 1 nitrogen and oxygen atoms in total. The van der Waals surface area contributed by atoms with Crippen molar-refractivity contribution in [3.63, 3.8) is 0 Å². The largest absolute Gasteiger partial charge is 0.309 e. The molecule has 0 heterocycles. The summed E-state index contributed by atoms with van der Waals surface area (Å²) in [5, 5.41) is 3.43. The van der Waals surface area contributed by atoms with Crippen LogP contribution >= 0.6 is 11.8 Å². The Hall–Kier alpha value is -0.610. The summed E-state index contributed by atoms with van der Waals surface area (Å²) in [7, 11) is 0. The summed E-state index contributed by atoms with van der Waals surface area (Å²) in [5.41, 5.74) is 0.673. The first-order valence-electron chi connectivity index (χ1n) is 6.79. The second kappa shape index (κ2) is 6.23. The smallest absolute Gasteiger partial charge is 0.126 e. The molecule has 1 aliphatic rings. The van der Waals surface area contributed by atoms with E-state index in [2.05, 4.69) is 11.6 Å². The third kappa shape index (κ3) is 3.69. The minimum atomic E-state index is -0.510. The molecule has 0 saturated heterocycles. The Labute approximate surface area is 118 Å². The molecule has 106 valence electrons. The molecule has 0 amide bonds. The van der Waals surface area contributed by atoms with E-state index in [1.54, 1.807) is 0 Å². The molecule has 1 atom stereocenters. The van der Waals surface area contributed by atoms with Gasteiger partial charge in [0.1, 0.15) is 11.6 Å². The Balaban J connectivity index is 1.98. The molecule has 1 aliphatic carbocycles. The van der Waals surface area contributed by atoms with Crippen LogP contribution in [-0.4, -0.2) is 17.5 Å². The maximum absolute atomic E-state index is 13.2. The number of halogens is 2. The molecule has 4 heteroatoms. The van der Waals surface area contributed by atoms with E-state index in [0.29, 0.717) is 10.3 Å². The van der Waals surface area contributed by atoms with Crippen molar-refractivity contribution in [2.75, 3.05) is 12.8 Å². The number of hydrogen-bond acceptors (Lipinski definition) is 2. The Morgan fingerprint density at radius 2 is 1.79 bits per heavy atom. The highest BCUT2D eigenvalue weighted by molar-refractivity contribution is 8.00. The van der Waals surface area contributed by atoms with Gasteiger partial charge in [0.05, 0.1) is 0 Å². The molecule has 0 radical (unpaired) electrons. The van der Waals surface area contributed by atoms with Gasteiger partial charge in [-0.25, -0.2) is 8.78 Å². The third-order valence-electron chi connectivity index (χ3n) is 4.06. The van der Waals surface area contributed by atoms with Crippen LogP contribution in [0.25, 0.3) is 0 Å². The summed E-state index contributed by atoms with van der Waals surface area (Å²) in [6.07, 6.45) is 7.17. The third-order valence-corrected chi connectivity index (χ3v) is 5.48. The van der Waals surface area contributed by atoms with Gasteiger partial charge in [-0.15, -0.1) is 0 Å². The van der Waals surface area contributed by atoms with Gasteiger partial charge in [0.2, 0.25) is 0 Å². The highest BCUT2D eigenvalue weighted by Gasteiger charge is 2.32. The van der Waals surface area contributed by atoms with Gasteiger partial charge in [-0.1, -0.05) is 12.8 Å². The van der Waals surface area contributed by atoms with Crippen LogP contribution in [0.4, 0.5) is 8.78 Å². The van der Waals surface area contributed by atoms with Gasteiger partial charge in [-0.05, 0) is 43.7 Å². The average Bonchev–Trinajstić information content (AvgIpc) is 2.84. The van der Waals surface area contributed by atoms with Crippen LogP contribution < -0.4 is 5.32 Å². The zero-order valence-electron chi connectivity index (χ0n) is 11.5. The molecule has 1 fully saturated rings. The molecule has 1 saturated carbocycles. The number of benzene rings is 1. The summed E-state index contributed by atoms with van der Waals surface area (Å²) < 4.78 is 26.7. The van der Waals surface area contributed by atoms with Crippen LogP contribution in [0.2, 0.25) is 0 Å². The van der Waals surface area contributed by atoms with Gasteiger partial charge in [-0.3, -0.25) is 0 Å². The van der Waals surface area contributed by atoms with Crippen molar-refractivity contribution in [2.45, 2.75) is 43.4 Å². The lowest BCUT2D eigenvalue weighted by molar-refractivity contribution is 0.482. The van der Waals surface area contributed by atoms with Crippen LogP contribution in [0, 0.1) is 11.6 Å². The first kappa shape index (κ1) is 14.8. The van der Waals surface area contributed by atoms with Crippen LogP contribution in [-0.2, 0) is 0 Å². The van der Waals surface area contributed by atoms with E-state index in [-0.39, 0.29) is 6.04 Å². The predicted octanol–water partition coefficient (Wildman–Crippen LogP) is 4.29. The molecule has 2 rings (SSSR count). The standard InChI is InChI=1S/C15H21F2NS/c1-11(12-7-13(16)9-14(17)8-12)18-10-15(19-2)5-3-4-6-15/h7-9,11,18H,3-6,10H2,1-2H3. The van der Waals surface area contributed by atoms with Gasteiger partial charge in [-0.2, -0.15) is 11.8 Å². The van der Waals surface area contributed by atoms with E-state index in [0.717, 1.165) is 12.6 Å². The molecule has 1 aromatic rings. The lowest BCUT2D eigenvalue weighted by Crippen LogP contribution is -2.36. The van der Waals surface area contributed by atoms with Crippen molar-refractivity contribution in [3.8, 4) is 0 Å². The number of rotatable bonds is 5. The zero-order valence-corrected chi connectivity index (χ0v) is 12.3. The molecule has 0 aromatic heterocycles. The maximum Gasteiger partial charge on any atom is 0.126 e. The van der Waals surface area contributed by atoms with Gasteiger partial charge < -0.3 is 5.32 Å². The molecule has 0 spiro atoms. The first-order valence-corrected chi connectivity index (χ1v) is 8.02. The molecule has 0 aliphatic heterocycles. The Morgan fingerprint density at radius 1 is 1.21 bits per heavy atom. The summed E-state index contributed by atoms with van der Waals surface area (Å²) in [5.74, 6) is -1.02. The highest BCUT2D eigenvalue weighted by atomic mass is 32.2. The second-order valence-electron chi connectivity index (χ2n) is 5.40. The molecule has 1 N–H and O–H groups in total. The lowest BCUT2D eigenvalue weighted by atomic mass is 10.0. The fraction of sp³-hybridized carbons (Fsp3) is 0.600. The number of nitrogens with one attached hydrogen (secondary N) is 1. The SMILES string of the molecule is CSC1(CNC(C)c2cc(F)cc(F)c2)CCCC1. The fourth-order valence-electron chi connectivity index (χ4n) is 2.75. The Kier molecular flexibility index (Phi) is 4.85. The second-order valence-corrected chi connectivity index (χ2v) is 6.67. The van der Waals surface area contributed by atoms with Crippen LogP contribution in [0.15, 0.2) is 18.2 Å². The van der Waals surface area contributed by atoms with Gasteiger partial charge in [0, 0.05) is 23.4 Å². The number of thioether (sulfide) groups is 1. The van der Waals surface area contributed by atoms with E-state index in [9.17, 15) is 8.78 Å². The maximum atomic E-state index is 13.2. The topological polar surface area (TPSA) is 12.0 Å². The monoisotopic (exact) mass is 285 g/mol. The van der Waals surface area contributed by atoms with Crippen molar-refractivity contribution in [3.05, 3.63) is 35.4 Å². The first-order chi connectivity index (χ1) is 9.04. The van der Waals surface area contributed by atoms with E-state index < -0.39 is 11.6 Å². The summed E-state index contributed by atoms with van der Waals surface area (Å²) in [6, 6.07) is 3.69. The van der Waals surface area contributed by atoms with Crippen molar-refractivity contribution >= 4 is 11.8 Å². The quantitative estimate of drug-likeness (QED) is 0.866. The van der Waals surface area contributed by atoms with Crippen molar-refractivity contribution in [2.24, 2.45) is 0 Å². The zero-order chi connectivity index (χ0) is 13.9. The summed E-state index contributed by atoms with van der Waals surface area (Å²) in [6.45, 7) is 2.85. The Morgan fingerprint density at radius 3 is 2.32 bits per heavy atom. The predicted molar refractivity (Wildman–Crippen MR) is 77.5 cm³/mol. The minimum Gasteiger partial charge on any atom is -0.309 e. The van der Waals surface area contributed by atoms with E-state index in [1.165, 1.54) is 37.8 Å². The fourth-order valence-corrected chi connectivity index (χ4v) is 3.68. The van der Waals surface area contributed by atoms with E-state index in [1.807, 2.05) is 18.7 Å². The highest BCUT2D eigenvalue weighted by Crippen LogP contribution is 2.40. The van der Waals surface area contributed by atoms with E-state index >= 15 is 0 Å².